The Morgan fingerprint density at radius 1 is 1.06 bits per heavy atom. The van der Waals surface area contributed by atoms with Gasteiger partial charge in [-0.1, -0.05) is 45.0 Å². The number of amides is 2. The number of rotatable bonds is 7. The maximum absolute atomic E-state index is 13.8. The molecule has 0 aromatic heterocycles. The molecule has 1 N–H and O–H groups in total. The van der Waals surface area contributed by atoms with Crippen LogP contribution < -0.4 is 10.1 Å². The Balaban J connectivity index is 1.34. The zero-order valence-corrected chi connectivity index (χ0v) is 19.2. The number of nitrogens with one attached hydrogen (secondary N) is 1. The maximum Gasteiger partial charge on any atom is 0.256 e. The molecule has 0 radical (unpaired) electrons. The van der Waals surface area contributed by atoms with Gasteiger partial charge in [0.05, 0.1) is 12.2 Å². The zero-order valence-electron chi connectivity index (χ0n) is 19.2. The van der Waals surface area contributed by atoms with E-state index < -0.39 is 5.82 Å². The Morgan fingerprint density at radius 2 is 1.72 bits per heavy atom. The molecular formula is C26H33FN2O3. The second-order valence-corrected chi connectivity index (χ2v) is 9.34. The summed E-state index contributed by atoms with van der Waals surface area (Å²) in [6.45, 7) is 8.01. The third kappa shape index (κ3) is 6.55. The van der Waals surface area contributed by atoms with Crippen LogP contribution in [-0.2, 0) is 10.2 Å². The molecule has 2 aromatic rings. The summed E-state index contributed by atoms with van der Waals surface area (Å²) in [5.41, 5.74) is 1.46. The van der Waals surface area contributed by atoms with Gasteiger partial charge in [-0.15, -0.1) is 0 Å². The molecular weight excluding hydrogens is 407 g/mol. The molecule has 172 valence electrons. The van der Waals surface area contributed by atoms with Crippen LogP contribution in [0.3, 0.4) is 0 Å². The van der Waals surface area contributed by atoms with Gasteiger partial charge in [-0.05, 0) is 54.5 Å². The molecule has 1 saturated heterocycles. The first kappa shape index (κ1) is 23.8. The number of carbonyl (C=O) groups excluding carboxylic acids is 2. The molecule has 1 fully saturated rings. The molecule has 1 heterocycles. The molecule has 6 heteroatoms. The number of piperidine rings is 1. The predicted molar refractivity (Wildman–Crippen MR) is 123 cm³/mol. The van der Waals surface area contributed by atoms with Crippen LogP contribution >= 0.6 is 0 Å². The number of benzene rings is 2. The summed E-state index contributed by atoms with van der Waals surface area (Å²) >= 11 is 0. The lowest BCUT2D eigenvalue weighted by atomic mass is 9.87. The highest BCUT2D eigenvalue weighted by molar-refractivity contribution is 5.94. The number of ether oxygens (including phenoxy) is 1. The van der Waals surface area contributed by atoms with E-state index in [1.807, 2.05) is 12.1 Å². The molecule has 0 aliphatic carbocycles. The summed E-state index contributed by atoms with van der Waals surface area (Å²) in [5.74, 6) is 0.0155. The molecule has 0 spiro atoms. The van der Waals surface area contributed by atoms with E-state index in [4.69, 9.17) is 4.74 Å². The Labute approximate surface area is 190 Å². The Hall–Kier alpha value is -2.89. The minimum atomic E-state index is -0.500. The van der Waals surface area contributed by atoms with Gasteiger partial charge in [-0.2, -0.15) is 0 Å². The summed E-state index contributed by atoms with van der Waals surface area (Å²) in [4.78, 5) is 26.4. The van der Waals surface area contributed by atoms with Crippen LogP contribution in [0.1, 0.15) is 62.4 Å². The highest BCUT2D eigenvalue weighted by atomic mass is 19.1. The van der Waals surface area contributed by atoms with Crippen molar-refractivity contribution < 1.29 is 18.7 Å². The van der Waals surface area contributed by atoms with Crippen molar-refractivity contribution in [3.63, 3.8) is 0 Å². The normalized spacial score (nSPS) is 14.8. The van der Waals surface area contributed by atoms with E-state index in [9.17, 15) is 14.0 Å². The quantitative estimate of drug-likeness (QED) is 0.635. The molecule has 32 heavy (non-hydrogen) atoms. The summed E-state index contributed by atoms with van der Waals surface area (Å²) in [7, 11) is 0. The number of hydrogen-bond donors (Lipinski definition) is 1. The van der Waals surface area contributed by atoms with Crippen molar-refractivity contribution in [1.29, 1.82) is 0 Å². The van der Waals surface area contributed by atoms with Gasteiger partial charge in [-0.25, -0.2) is 4.39 Å². The summed E-state index contributed by atoms with van der Waals surface area (Å²) < 4.78 is 19.6. The zero-order chi connectivity index (χ0) is 23.1. The van der Waals surface area contributed by atoms with E-state index in [1.54, 1.807) is 17.0 Å². The van der Waals surface area contributed by atoms with Gasteiger partial charge >= 0.3 is 0 Å². The minimum Gasteiger partial charge on any atom is -0.494 e. The second kappa shape index (κ2) is 10.6. The minimum absolute atomic E-state index is 0.00411. The van der Waals surface area contributed by atoms with Crippen molar-refractivity contribution in [1.82, 2.24) is 10.2 Å². The van der Waals surface area contributed by atoms with Crippen molar-refractivity contribution in [2.24, 2.45) is 0 Å². The van der Waals surface area contributed by atoms with E-state index in [2.05, 4.69) is 38.2 Å². The SMILES string of the molecule is CC(C)(C)c1ccc(OCCCC(=O)NC2CCN(C(=O)c3ccccc3F)CC2)cc1. The van der Waals surface area contributed by atoms with Crippen molar-refractivity contribution in [3.05, 3.63) is 65.5 Å². The molecule has 2 amide bonds. The van der Waals surface area contributed by atoms with Gasteiger partial charge < -0.3 is 15.0 Å². The summed E-state index contributed by atoms with van der Waals surface area (Å²) in [6, 6.07) is 14.2. The fourth-order valence-electron chi connectivity index (χ4n) is 3.81. The highest BCUT2D eigenvalue weighted by Gasteiger charge is 2.25. The fraction of sp³-hybridized carbons (Fsp3) is 0.462. The van der Waals surface area contributed by atoms with Crippen LogP contribution in [0.4, 0.5) is 4.39 Å². The van der Waals surface area contributed by atoms with Gasteiger partial charge in [0, 0.05) is 25.6 Å². The van der Waals surface area contributed by atoms with Crippen molar-refractivity contribution in [3.8, 4) is 5.75 Å². The van der Waals surface area contributed by atoms with Gasteiger partial charge in [0.25, 0.3) is 5.91 Å². The Morgan fingerprint density at radius 3 is 2.34 bits per heavy atom. The number of carbonyl (C=O) groups is 2. The van der Waals surface area contributed by atoms with Crippen molar-refractivity contribution in [2.45, 2.75) is 57.9 Å². The fourth-order valence-corrected chi connectivity index (χ4v) is 3.81. The maximum atomic E-state index is 13.8. The largest absolute Gasteiger partial charge is 0.494 e. The second-order valence-electron chi connectivity index (χ2n) is 9.34. The molecule has 1 aliphatic rings. The van der Waals surface area contributed by atoms with Gasteiger partial charge in [0.15, 0.2) is 0 Å². The van der Waals surface area contributed by atoms with Gasteiger partial charge in [0.2, 0.25) is 5.91 Å². The number of hydrogen-bond acceptors (Lipinski definition) is 3. The van der Waals surface area contributed by atoms with Crippen molar-refractivity contribution in [2.75, 3.05) is 19.7 Å². The average molecular weight is 441 g/mol. The highest BCUT2D eigenvalue weighted by Crippen LogP contribution is 2.24. The standard InChI is InChI=1S/C26H33FN2O3/c1-26(2,3)19-10-12-21(13-11-19)32-18-6-9-24(30)28-20-14-16-29(17-15-20)25(31)22-7-4-5-8-23(22)27/h4-5,7-8,10-13,20H,6,9,14-18H2,1-3H3,(H,28,30). The molecule has 5 nitrogen and oxygen atoms in total. The number of halogens is 1. The molecule has 3 rings (SSSR count). The van der Waals surface area contributed by atoms with E-state index in [0.29, 0.717) is 45.4 Å². The van der Waals surface area contributed by atoms with Crippen LogP contribution in [0.15, 0.2) is 48.5 Å². The first-order valence-corrected chi connectivity index (χ1v) is 11.3. The van der Waals surface area contributed by atoms with Crippen LogP contribution in [0.2, 0.25) is 0 Å². The molecule has 0 unspecified atom stereocenters. The first-order valence-electron chi connectivity index (χ1n) is 11.3. The van der Waals surface area contributed by atoms with Crippen LogP contribution in [0.5, 0.6) is 5.75 Å². The molecule has 0 bridgehead atoms. The summed E-state index contributed by atoms with van der Waals surface area (Å²) in [6.07, 6.45) is 2.37. The smallest absolute Gasteiger partial charge is 0.256 e. The van der Waals surface area contributed by atoms with E-state index in [-0.39, 0.29) is 28.8 Å². The van der Waals surface area contributed by atoms with E-state index in [0.717, 1.165) is 5.75 Å². The molecule has 0 saturated carbocycles. The molecule has 1 aliphatic heterocycles. The lowest BCUT2D eigenvalue weighted by molar-refractivity contribution is -0.122. The van der Waals surface area contributed by atoms with Crippen molar-refractivity contribution >= 4 is 11.8 Å². The monoisotopic (exact) mass is 440 g/mol. The lowest BCUT2D eigenvalue weighted by Gasteiger charge is -2.32. The molecule has 0 atom stereocenters. The Bertz CT molecular complexity index is 913. The van der Waals surface area contributed by atoms with Crippen LogP contribution in [-0.4, -0.2) is 42.5 Å². The lowest BCUT2D eigenvalue weighted by Crippen LogP contribution is -2.46. The summed E-state index contributed by atoms with van der Waals surface area (Å²) in [5, 5.41) is 3.05. The predicted octanol–water partition coefficient (Wildman–Crippen LogP) is 4.70. The van der Waals surface area contributed by atoms with Gasteiger partial charge in [-0.3, -0.25) is 9.59 Å². The third-order valence-electron chi connectivity index (χ3n) is 5.79. The Kier molecular flexibility index (Phi) is 7.89. The van der Waals surface area contributed by atoms with E-state index in [1.165, 1.54) is 17.7 Å². The van der Waals surface area contributed by atoms with Crippen LogP contribution in [0.25, 0.3) is 0 Å². The average Bonchev–Trinajstić information content (AvgIpc) is 2.77. The number of likely N-dealkylation sites (tertiary alicyclic amines) is 1. The molecule has 2 aromatic carbocycles. The van der Waals surface area contributed by atoms with Gasteiger partial charge in [0.1, 0.15) is 11.6 Å². The van der Waals surface area contributed by atoms with Crippen LogP contribution in [0, 0.1) is 5.82 Å². The first-order chi connectivity index (χ1) is 15.2. The topological polar surface area (TPSA) is 58.6 Å². The third-order valence-corrected chi connectivity index (χ3v) is 5.79. The van der Waals surface area contributed by atoms with E-state index >= 15 is 0 Å². The number of nitrogens with zero attached hydrogens (tertiary/aromatic N) is 1.